The summed E-state index contributed by atoms with van der Waals surface area (Å²) in [5.74, 6) is -0.510. The maximum atomic E-state index is 14.6. The second-order valence-corrected chi connectivity index (χ2v) is 11.5. The maximum Gasteiger partial charge on any atom is 0.266 e. The van der Waals surface area contributed by atoms with E-state index in [9.17, 15) is 9.18 Å². The summed E-state index contributed by atoms with van der Waals surface area (Å²) in [6.45, 7) is 4.60. The van der Waals surface area contributed by atoms with Crippen LogP contribution in [0.4, 0.5) is 4.39 Å². The highest BCUT2D eigenvalue weighted by Gasteiger charge is 2.32. The topological polar surface area (TPSA) is 45.2 Å². The van der Waals surface area contributed by atoms with Crippen LogP contribution in [0.3, 0.4) is 0 Å². The van der Waals surface area contributed by atoms with Crippen molar-refractivity contribution in [1.82, 2.24) is 15.2 Å². The van der Waals surface area contributed by atoms with Gasteiger partial charge in [-0.2, -0.15) is 0 Å². The van der Waals surface area contributed by atoms with E-state index in [1.165, 1.54) is 23.0 Å². The summed E-state index contributed by atoms with van der Waals surface area (Å²) in [6.07, 6.45) is 6.61. The number of amides is 1. The van der Waals surface area contributed by atoms with Gasteiger partial charge >= 0.3 is 0 Å². The summed E-state index contributed by atoms with van der Waals surface area (Å²) >= 11 is 7.95. The van der Waals surface area contributed by atoms with Crippen molar-refractivity contribution in [3.63, 3.8) is 0 Å². The Hall–Kier alpha value is -2.80. The second kappa shape index (κ2) is 11.5. The van der Waals surface area contributed by atoms with Gasteiger partial charge in [-0.1, -0.05) is 42.8 Å². The lowest BCUT2D eigenvalue weighted by atomic mass is 9.89. The van der Waals surface area contributed by atoms with Crippen LogP contribution in [-0.4, -0.2) is 34.9 Å². The van der Waals surface area contributed by atoms with E-state index in [1.54, 1.807) is 6.07 Å². The number of fused-ring (bicyclic) bond motifs is 1. The van der Waals surface area contributed by atoms with Crippen LogP contribution in [0.2, 0.25) is 5.02 Å². The average Bonchev–Trinajstić information content (AvgIpc) is 3.29. The van der Waals surface area contributed by atoms with Crippen molar-refractivity contribution >= 4 is 38.9 Å². The van der Waals surface area contributed by atoms with Gasteiger partial charge in [0.1, 0.15) is 10.7 Å². The van der Waals surface area contributed by atoms with Crippen LogP contribution in [0.1, 0.15) is 59.1 Å². The van der Waals surface area contributed by atoms with E-state index in [2.05, 4.69) is 41.5 Å². The quantitative estimate of drug-likeness (QED) is 0.256. The van der Waals surface area contributed by atoms with E-state index in [0.717, 1.165) is 54.5 Å². The molecule has 2 aromatic carbocycles. The van der Waals surface area contributed by atoms with Crippen LogP contribution < -0.4 is 5.32 Å². The first kappa shape index (κ1) is 26.8. The molecule has 2 aromatic heterocycles. The summed E-state index contributed by atoms with van der Waals surface area (Å²) in [6, 6.07) is 16.0. The fourth-order valence-electron chi connectivity index (χ4n) is 5.50. The molecular weight excluding hydrogens is 517 g/mol. The molecule has 0 bridgehead atoms. The highest BCUT2D eigenvalue weighted by Crippen LogP contribution is 2.39. The Morgan fingerprint density at radius 3 is 2.53 bits per heavy atom. The molecule has 0 atom stereocenters. The van der Waals surface area contributed by atoms with E-state index in [0.29, 0.717) is 27.5 Å². The van der Waals surface area contributed by atoms with Crippen molar-refractivity contribution in [3.8, 4) is 11.1 Å². The maximum absolute atomic E-state index is 14.6. The molecule has 0 unspecified atom stereocenters. The van der Waals surface area contributed by atoms with Crippen molar-refractivity contribution in [1.29, 1.82) is 0 Å². The Kier molecular flexibility index (Phi) is 8.12. The summed E-state index contributed by atoms with van der Waals surface area (Å²) < 4.78 is 15.3. The largest absolute Gasteiger partial charge is 0.331 e. The van der Waals surface area contributed by atoms with Gasteiger partial charge in [0.05, 0.1) is 5.02 Å². The van der Waals surface area contributed by atoms with Gasteiger partial charge in [-0.05, 0) is 87.0 Å². The zero-order chi connectivity index (χ0) is 26.8. The molecule has 0 aliphatic heterocycles. The minimum Gasteiger partial charge on any atom is -0.331 e. The number of carbonyl (C=O) groups excluding carboxylic acids is 1. The third-order valence-corrected chi connectivity index (χ3v) is 9.41. The molecule has 5 rings (SSSR count). The molecule has 0 saturated heterocycles. The lowest BCUT2D eigenvalue weighted by molar-refractivity contribution is 0.0606. The normalized spacial score (nSPS) is 17.6. The van der Waals surface area contributed by atoms with Crippen molar-refractivity contribution in [2.24, 2.45) is 0 Å². The van der Waals surface area contributed by atoms with Crippen molar-refractivity contribution < 1.29 is 9.18 Å². The smallest absolute Gasteiger partial charge is 0.266 e. The first-order chi connectivity index (χ1) is 18.4. The molecule has 1 fully saturated rings. The number of halogens is 2. The number of aryl methyl sites for hydroxylation is 2. The minimum atomic E-state index is -0.392. The number of rotatable bonds is 7. The number of pyridine rings is 1. The Labute approximate surface area is 232 Å². The van der Waals surface area contributed by atoms with E-state index in [1.807, 2.05) is 37.2 Å². The van der Waals surface area contributed by atoms with Crippen LogP contribution >= 0.6 is 22.9 Å². The predicted octanol–water partition coefficient (Wildman–Crippen LogP) is 7.80. The molecule has 0 spiro atoms. The van der Waals surface area contributed by atoms with Gasteiger partial charge < -0.3 is 10.2 Å². The van der Waals surface area contributed by atoms with Gasteiger partial charge in [-0.15, -0.1) is 11.3 Å². The van der Waals surface area contributed by atoms with Gasteiger partial charge in [-0.3, -0.25) is 9.78 Å². The number of nitrogens with one attached hydrogen (secondary N) is 1. The Morgan fingerprint density at radius 1 is 1.11 bits per heavy atom. The van der Waals surface area contributed by atoms with Gasteiger partial charge in [0, 0.05) is 46.2 Å². The number of benzene rings is 2. The molecule has 0 radical (unpaired) electrons. The molecule has 4 nitrogen and oxygen atoms in total. The van der Waals surface area contributed by atoms with E-state index in [4.69, 9.17) is 11.6 Å². The average molecular weight is 550 g/mol. The fraction of sp³-hybridized carbons (Fsp3) is 0.355. The van der Waals surface area contributed by atoms with E-state index >= 15 is 0 Å². The number of nitrogens with zero attached hydrogens (tertiary/aromatic N) is 2. The number of hydrogen-bond donors (Lipinski definition) is 1. The van der Waals surface area contributed by atoms with Gasteiger partial charge in [0.15, 0.2) is 0 Å². The molecule has 1 aliphatic carbocycles. The summed E-state index contributed by atoms with van der Waals surface area (Å²) in [7, 11) is 2.00. The molecule has 38 heavy (non-hydrogen) atoms. The molecule has 198 valence electrons. The molecule has 7 heteroatoms. The van der Waals surface area contributed by atoms with Crippen molar-refractivity contribution in [2.75, 3.05) is 7.05 Å². The standard InChI is InChI=1S/C31H33ClFN3OS/c1-4-20-10-11-21(22-9-8-19(2)35-17-22)16-23(20)18-36(25-14-12-24(34-3)13-15-25)31(37)30-29(32)28-26(33)6-5-7-27(28)38-30/h5-11,16-17,24-25,34H,4,12-15,18H2,1-3H3. The molecule has 1 saturated carbocycles. The SMILES string of the molecule is CCc1ccc(-c2ccc(C)nc2)cc1CN(C(=O)c1sc2cccc(F)c2c1Cl)C1CCC(NC)CC1. The van der Waals surface area contributed by atoms with Gasteiger partial charge in [0.25, 0.3) is 5.91 Å². The summed E-state index contributed by atoms with van der Waals surface area (Å²) in [5.41, 5.74) is 5.44. The lowest BCUT2D eigenvalue weighted by Crippen LogP contribution is -2.44. The summed E-state index contributed by atoms with van der Waals surface area (Å²) in [4.78, 5) is 21.1. The molecule has 2 heterocycles. The summed E-state index contributed by atoms with van der Waals surface area (Å²) in [5, 5.41) is 3.94. The third-order valence-electron chi connectivity index (χ3n) is 7.78. The van der Waals surface area contributed by atoms with Crippen LogP contribution in [-0.2, 0) is 13.0 Å². The number of thiophene rings is 1. The molecule has 1 amide bonds. The predicted molar refractivity (Wildman–Crippen MR) is 156 cm³/mol. The van der Waals surface area contributed by atoms with Crippen LogP contribution in [0.15, 0.2) is 54.7 Å². The monoisotopic (exact) mass is 549 g/mol. The second-order valence-electron chi connectivity index (χ2n) is 10.1. The highest BCUT2D eigenvalue weighted by atomic mass is 35.5. The lowest BCUT2D eigenvalue weighted by Gasteiger charge is -2.37. The Morgan fingerprint density at radius 2 is 1.87 bits per heavy atom. The number of hydrogen-bond acceptors (Lipinski definition) is 4. The molecule has 4 aromatic rings. The zero-order valence-electron chi connectivity index (χ0n) is 22.1. The van der Waals surface area contributed by atoms with Crippen LogP contribution in [0, 0.1) is 12.7 Å². The zero-order valence-corrected chi connectivity index (χ0v) is 23.6. The number of carbonyl (C=O) groups is 1. The van der Waals surface area contributed by atoms with Crippen molar-refractivity contribution in [3.05, 3.63) is 87.3 Å². The van der Waals surface area contributed by atoms with E-state index in [-0.39, 0.29) is 17.0 Å². The molecule has 1 N–H and O–H groups in total. The fourth-order valence-corrected chi connectivity index (χ4v) is 7.01. The molecular formula is C31H33ClFN3OS. The Bertz CT molecular complexity index is 1440. The minimum absolute atomic E-state index is 0.0904. The number of aromatic nitrogens is 1. The molecule has 1 aliphatic rings. The Balaban J connectivity index is 1.54. The van der Waals surface area contributed by atoms with Gasteiger partial charge in [0.2, 0.25) is 0 Å². The van der Waals surface area contributed by atoms with Crippen molar-refractivity contribution in [2.45, 2.75) is 64.6 Å². The van der Waals surface area contributed by atoms with Crippen LogP contribution in [0.5, 0.6) is 0 Å². The first-order valence-electron chi connectivity index (χ1n) is 13.3. The third kappa shape index (κ3) is 5.35. The van der Waals surface area contributed by atoms with Gasteiger partial charge in [-0.25, -0.2) is 4.39 Å². The van der Waals surface area contributed by atoms with Crippen LogP contribution in [0.25, 0.3) is 21.2 Å². The van der Waals surface area contributed by atoms with E-state index < -0.39 is 5.82 Å². The highest BCUT2D eigenvalue weighted by molar-refractivity contribution is 7.21. The first-order valence-corrected chi connectivity index (χ1v) is 14.5.